The van der Waals surface area contributed by atoms with Crippen LogP contribution in [0, 0.1) is 11.3 Å². The van der Waals surface area contributed by atoms with Crippen LogP contribution in [0.2, 0.25) is 0 Å². The number of nitrogens with one attached hydrogen (secondary N) is 1. The van der Waals surface area contributed by atoms with Gasteiger partial charge >= 0.3 is 5.97 Å². The van der Waals surface area contributed by atoms with Crippen LogP contribution in [0.25, 0.3) is 0 Å². The Kier molecular flexibility index (Phi) is 4.96. The van der Waals surface area contributed by atoms with Crippen molar-refractivity contribution in [3.05, 3.63) is 23.8 Å². The molecule has 1 unspecified atom stereocenters. The number of benzene rings is 1. The smallest absolute Gasteiger partial charge is 0.317 e. The minimum absolute atomic E-state index is 0.307. The number of aliphatic carboxylic acids is 1. The minimum atomic E-state index is -1.03. The molecule has 1 rings (SSSR count). The van der Waals surface area contributed by atoms with Crippen LogP contribution in [0.15, 0.2) is 18.2 Å². The summed E-state index contributed by atoms with van der Waals surface area (Å²) < 4.78 is 10.2. The fourth-order valence-electron chi connectivity index (χ4n) is 1.48. The maximum Gasteiger partial charge on any atom is 0.317 e. The monoisotopic (exact) mass is 250 g/mol. The Hall–Kier alpha value is -2.26. The third kappa shape index (κ3) is 3.37. The number of hydrogen-bond donors (Lipinski definition) is 2. The molecule has 1 aromatic carbocycles. The summed E-state index contributed by atoms with van der Waals surface area (Å²) in [5.41, 5.74) is 0.542. The molecule has 0 radical (unpaired) electrons. The van der Waals surface area contributed by atoms with Gasteiger partial charge in [-0.2, -0.15) is 5.26 Å². The van der Waals surface area contributed by atoms with Gasteiger partial charge in [0.05, 0.1) is 26.8 Å². The molecule has 2 N–H and O–H groups in total. The molecule has 0 aromatic heterocycles. The SMILES string of the molecule is COc1ccc(OC)c(C(C#N)NCC(=O)O)c1. The molecule has 0 saturated heterocycles. The van der Waals surface area contributed by atoms with Gasteiger partial charge in [0.15, 0.2) is 0 Å². The molecular formula is C12H14N2O4. The van der Waals surface area contributed by atoms with Crippen LogP contribution in [0.1, 0.15) is 11.6 Å². The highest BCUT2D eigenvalue weighted by Gasteiger charge is 2.17. The average molecular weight is 250 g/mol. The van der Waals surface area contributed by atoms with Crippen LogP contribution in [0.3, 0.4) is 0 Å². The number of hydrogen-bond acceptors (Lipinski definition) is 5. The fraction of sp³-hybridized carbons (Fsp3) is 0.333. The van der Waals surface area contributed by atoms with Crippen molar-refractivity contribution in [2.75, 3.05) is 20.8 Å². The van der Waals surface area contributed by atoms with E-state index >= 15 is 0 Å². The highest BCUT2D eigenvalue weighted by Crippen LogP contribution is 2.28. The second-order valence-electron chi connectivity index (χ2n) is 3.44. The molecule has 0 aliphatic carbocycles. The van der Waals surface area contributed by atoms with Crippen molar-refractivity contribution in [3.8, 4) is 17.6 Å². The van der Waals surface area contributed by atoms with Gasteiger partial charge in [0.2, 0.25) is 0 Å². The van der Waals surface area contributed by atoms with Gasteiger partial charge in [-0.1, -0.05) is 0 Å². The van der Waals surface area contributed by atoms with Crippen LogP contribution in [0.5, 0.6) is 11.5 Å². The molecule has 0 aliphatic heterocycles. The van der Waals surface area contributed by atoms with Gasteiger partial charge in [-0.3, -0.25) is 10.1 Å². The first-order valence-electron chi connectivity index (χ1n) is 5.19. The molecule has 0 heterocycles. The first-order valence-corrected chi connectivity index (χ1v) is 5.19. The number of ether oxygens (including phenoxy) is 2. The number of nitrogens with zero attached hydrogens (tertiary/aromatic N) is 1. The summed E-state index contributed by atoms with van der Waals surface area (Å²) in [6.45, 7) is -0.307. The lowest BCUT2D eigenvalue weighted by atomic mass is 10.1. The molecule has 1 atom stereocenters. The fourth-order valence-corrected chi connectivity index (χ4v) is 1.48. The molecule has 0 amide bonds. The summed E-state index contributed by atoms with van der Waals surface area (Å²) in [5, 5.41) is 20.3. The van der Waals surface area contributed by atoms with Crippen molar-refractivity contribution in [1.29, 1.82) is 5.26 Å². The molecular weight excluding hydrogens is 236 g/mol. The lowest BCUT2D eigenvalue weighted by molar-refractivity contribution is -0.136. The Morgan fingerprint density at radius 1 is 1.50 bits per heavy atom. The van der Waals surface area contributed by atoms with E-state index in [-0.39, 0.29) is 6.54 Å². The van der Waals surface area contributed by atoms with Crippen molar-refractivity contribution in [2.24, 2.45) is 0 Å². The Labute approximate surface area is 105 Å². The summed E-state index contributed by atoms with van der Waals surface area (Å²) in [6, 6.07) is 6.23. The van der Waals surface area contributed by atoms with Gasteiger partial charge in [-0.05, 0) is 18.2 Å². The molecule has 0 aliphatic rings. The largest absolute Gasteiger partial charge is 0.497 e. The molecule has 1 aromatic rings. The van der Waals surface area contributed by atoms with E-state index in [2.05, 4.69) is 5.32 Å². The average Bonchev–Trinajstić information content (AvgIpc) is 2.38. The number of carboxylic acids is 1. The Bertz CT molecular complexity index is 468. The standard InChI is InChI=1S/C12H14N2O4/c1-17-8-3-4-11(18-2)9(5-8)10(6-13)14-7-12(15)16/h3-5,10,14H,7H2,1-2H3,(H,15,16). The highest BCUT2D eigenvalue weighted by atomic mass is 16.5. The topological polar surface area (TPSA) is 91.6 Å². The van der Waals surface area contributed by atoms with E-state index in [4.69, 9.17) is 19.8 Å². The summed E-state index contributed by atoms with van der Waals surface area (Å²) in [7, 11) is 2.99. The van der Waals surface area contributed by atoms with Gasteiger partial charge in [-0.15, -0.1) is 0 Å². The van der Waals surface area contributed by atoms with Gasteiger partial charge in [-0.25, -0.2) is 0 Å². The predicted octanol–water partition coefficient (Wildman–Crippen LogP) is 0.943. The number of rotatable bonds is 6. The van der Waals surface area contributed by atoms with Crippen LogP contribution in [-0.2, 0) is 4.79 Å². The zero-order valence-electron chi connectivity index (χ0n) is 10.1. The molecule has 0 fully saturated rings. The summed E-state index contributed by atoms with van der Waals surface area (Å²) >= 11 is 0. The molecule has 6 heteroatoms. The maximum absolute atomic E-state index is 10.5. The highest BCUT2D eigenvalue weighted by molar-refractivity contribution is 5.69. The van der Waals surface area contributed by atoms with Crippen molar-refractivity contribution in [3.63, 3.8) is 0 Å². The lowest BCUT2D eigenvalue weighted by Gasteiger charge is -2.15. The summed E-state index contributed by atoms with van der Waals surface area (Å²) in [6.07, 6.45) is 0. The van der Waals surface area contributed by atoms with Crippen LogP contribution >= 0.6 is 0 Å². The molecule has 0 bridgehead atoms. The van der Waals surface area contributed by atoms with Crippen molar-refractivity contribution in [1.82, 2.24) is 5.32 Å². The Morgan fingerprint density at radius 2 is 2.22 bits per heavy atom. The van der Waals surface area contributed by atoms with Crippen molar-refractivity contribution >= 4 is 5.97 Å². The Morgan fingerprint density at radius 3 is 2.72 bits per heavy atom. The van der Waals surface area contributed by atoms with Crippen molar-refractivity contribution in [2.45, 2.75) is 6.04 Å². The van der Waals surface area contributed by atoms with Gasteiger partial charge < -0.3 is 14.6 Å². The quantitative estimate of drug-likeness (QED) is 0.780. The molecule has 6 nitrogen and oxygen atoms in total. The normalized spacial score (nSPS) is 11.4. The van der Waals surface area contributed by atoms with Gasteiger partial charge in [0, 0.05) is 5.56 Å². The van der Waals surface area contributed by atoms with E-state index in [1.54, 1.807) is 18.2 Å². The molecule has 96 valence electrons. The second-order valence-corrected chi connectivity index (χ2v) is 3.44. The molecule has 0 saturated carbocycles. The van der Waals surface area contributed by atoms with E-state index < -0.39 is 12.0 Å². The first-order chi connectivity index (χ1) is 8.62. The zero-order chi connectivity index (χ0) is 13.5. The third-order valence-corrected chi connectivity index (χ3v) is 2.33. The number of carboxylic acid groups (broad SMARTS) is 1. The number of nitriles is 1. The predicted molar refractivity (Wildman–Crippen MR) is 63.5 cm³/mol. The number of carbonyl (C=O) groups is 1. The summed E-state index contributed by atoms with van der Waals surface area (Å²) in [5.74, 6) is 0.0422. The van der Waals surface area contributed by atoms with E-state index in [0.29, 0.717) is 17.1 Å². The van der Waals surface area contributed by atoms with E-state index in [1.807, 2.05) is 6.07 Å². The maximum atomic E-state index is 10.5. The molecule has 0 spiro atoms. The lowest BCUT2D eigenvalue weighted by Crippen LogP contribution is -2.26. The Balaban J connectivity index is 3.02. The van der Waals surface area contributed by atoms with Crippen LogP contribution in [-0.4, -0.2) is 31.8 Å². The third-order valence-electron chi connectivity index (χ3n) is 2.33. The van der Waals surface area contributed by atoms with Crippen LogP contribution in [0.4, 0.5) is 0 Å². The summed E-state index contributed by atoms with van der Waals surface area (Å²) in [4.78, 5) is 10.5. The zero-order valence-corrected chi connectivity index (χ0v) is 10.1. The second kappa shape index (κ2) is 6.47. The first kappa shape index (κ1) is 13.8. The van der Waals surface area contributed by atoms with E-state index in [9.17, 15) is 4.79 Å². The van der Waals surface area contributed by atoms with Gasteiger partial charge in [0.25, 0.3) is 0 Å². The minimum Gasteiger partial charge on any atom is -0.497 e. The number of methoxy groups -OCH3 is 2. The van der Waals surface area contributed by atoms with Crippen LogP contribution < -0.4 is 14.8 Å². The van der Waals surface area contributed by atoms with E-state index in [0.717, 1.165) is 0 Å². The van der Waals surface area contributed by atoms with Crippen molar-refractivity contribution < 1.29 is 19.4 Å². The van der Waals surface area contributed by atoms with E-state index in [1.165, 1.54) is 14.2 Å². The molecule has 18 heavy (non-hydrogen) atoms. The van der Waals surface area contributed by atoms with Gasteiger partial charge in [0.1, 0.15) is 17.5 Å².